The maximum Gasteiger partial charge on any atom is 0.317 e. The predicted molar refractivity (Wildman–Crippen MR) is 52.3 cm³/mol. The highest BCUT2D eigenvalue weighted by molar-refractivity contribution is 5.69. The zero-order chi connectivity index (χ0) is 11.3. The summed E-state index contributed by atoms with van der Waals surface area (Å²) in [4.78, 5) is 16.3. The Morgan fingerprint density at radius 2 is 2.27 bits per heavy atom. The van der Waals surface area contributed by atoms with Crippen LogP contribution in [0.3, 0.4) is 0 Å². The summed E-state index contributed by atoms with van der Waals surface area (Å²) in [5.74, 6) is 0.262. The molecule has 0 bridgehead atoms. The fourth-order valence-corrected chi connectivity index (χ4v) is 1.16. The van der Waals surface area contributed by atoms with E-state index in [9.17, 15) is 4.79 Å². The fourth-order valence-electron chi connectivity index (χ4n) is 1.16. The zero-order valence-electron chi connectivity index (χ0n) is 8.93. The molecule has 0 saturated heterocycles. The summed E-state index contributed by atoms with van der Waals surface area (Å²) in [6.45, 7) is 4.83. The number of hydrogen-bond acceptors (Lipinski definition) is 5. The van der Waals surface area contributed by atoms with Crippen molar-refractivity contribution in [3.05, 3.63) is 11.7 Å². The molecular formula is C9H15N3O3. The SMILES string of the molecule is CCc1noc(CN(CC)CC(=O)O)n1. The van der Waals surface area contributed by atoms with E-state index >= 15 is 0 Å². The van der Waals surface area contributed by atoms with Gasteiger partial charge in [-0.1, -0.05) is 19.0 Å². The molecular weight excluding hydrogens is 198 g/mol. The topological polar surface area (TPSA) is 79.5 Å². The first-order valence-electron chi connectivity index (χ1n) is 4.91. The van der Waals surface area contributed by atoms with E-state index in [1.54, 1.807) is 4.90 Å². The molecule has 0 aliphatic rings. The summed E-state index contributed by atoms with van der Waals surface area (Å²) >= 11 is 0. The van der Waals surface area contributed by atoms with Crippen molar-refractivity contribution < 1.29 is 14.4 Å². The summed E-state index contributed by atoms with van der Waals surface area (Å²) in [7, 11) is 0. The van der Waals surface area contributed by atoms with Gasteiger partial charge in [0.05, 0.1) is 13.1 Å². The molecule has 0 atom stereocenters. The largest absolute Gasteiger partial charge is 0.480 e. The third kappa shape index (κ3) is 3.67. The first-order chi connectivity index (χ1) is 7.15. The predicted octanol–water partition coefficient (Wildman–Crippen LogP) is 0.538. The van der Waals surface area contributed by atoms with Gasteiger partial charge in [0.25, 0.3) is 0 Å². The van der Waals surface area contributed by atoms with Gasteiger partial charge in [0.1, 0.15) is 0 Å². The van der Waals surface area contributed by atoms with E-state index in [4.69, 9.17) is 9.63 Å². The Hall–Kier alpha value is -1.43. The summed E-state index contributed by atoms with van der Waals surface area (Å²) in [6.07, 6.45) is 0.717. The van der Waals surface area contributed by atoms with E-state index in [0.29, 0.717) is 31.2 Å². The number of aliphatic carboxylic acids is 1. The van der Waals surface area contributed by atoms with E-state index in [1.165, 1.54) is 0 Å². The average Bonchev–Trinajstić information content (AvgIpc) is 2.64. The average molecular weight is 213 g/mol. The Bertz CT molecular complexity index is 324. The first kappa shape index (κ1) is 11.6. The van der Waals surface area contributed by atoms with Gasteiger partial charge in [-0.25, -0.2) is 0 Å². The van der Waals surface area contributed by atoms with Crippen LogP contribution in [0.25, 0.3) is 0 Å². The molecule has 0 aliphatic carbocycles. The highest BCUT2D eigenvalue weighted by Crippen LogP contribution is 2.02. The van der Waals surface area contributed by atoms with Gasteiger partial charge in [-0.3, -0.25) is 9.69 Å². The number of carbonyl (C=O) groups is 1. The minimum Gasteiger partial charge on any atom is -0.480 e. The highest BCUT2D eigenvalue weighted by atomic mass is 16.5. The molecule has 1 aromatic rings. The van der Waals surface area contributed by atoms with Gasteiger partial charge in [0.2, 0.25) is 5.89 Å². The van der Waals surface area contributed by atoms with E-state index in [2.05, 4.69) is 10.1 Å². The molecule has 0 unspecified atom stereocenters. The van der Waals surface area contributed by atoms with Crippen LogP contribution >= 0.6 is 0 Å². The molecule has 6 heteroatoms. The van der Waals surface area contributed by atoms with Crippen molar-refractivity contribution in [2.45, 2.75) is 26.8 Å². The number of likely N-dealkylation sites (N-methyl/N-ethyl adjacent to an activating group) is 1. The number of hydrogen-bond donors (Lipinski definition) is 1. The minimum absolute atomic E-state index is 0.0136. The zero-order valence-corrected chi connectivity index (χ0v) is 8.93. The standard InChI is InChI=1S/C9H15N3O3/c1-3-7-10-8(15-11-7)5-12(4-2)6-9(13)14/h3-6H2,1-2H3,(H,13,14). The fraction of sp³-hybridized carbons (Fsp3) is 0.667. The third-order valence-corrected chi connectivity index (χ3v) is 1.99. The van der Waals surface area contributed by atoms with Crippen LogP contribution in [0, 0.1) is 0 Å². The summed E-state index contributed by atoms with van der Waals surface area (Å²) in [5.41, 5.74) is 0. The second-order valence-corrected chi connectivity index (χ2v) is 3.15. The van der Waals surface area contributed by atoms with Crippen LogP contribution in [0.5, 0.6) is 0 Å². The van der Waals surface area contributed by atoms with E-state index in [1.807, 2.05) is 13.8 Å². The Balaban J connectivity index is 2.54. The summed E-state index contributed by atoms with van der Waals surface area (Å²) in [6, 6.07) is 0. The molecule has 84 valence electrons. The van der Waals surface area contributed by atoms with Crippen LogP contribution in [0.4, 0.5) is 0 Å². The monoisotopic (exact) mass is 213 g/mol. The van der Waals surface area contributed by atoms with Crippen LogP contribution in [0.15, 0.2) is 4.52 Å². The van der Waals surface area contributed by atoms with Crippen molar-refractivity contribution >= 4 is 5.97 Å². The molecule has 1 N–H and O–H groups in total. The molecule has 15 heavy (non-hydrogen) atoms. The molecule has 6 nitrogen and oxygen atoms in total. The molecule has 0 fully saturated rings. The minimum atomic E-state index is -0.855. The summed E-state index contributed by atoms with van der Waals surface area (Å²) < 4.78 is 4.97. The smallest absolute Gasteiger partial charge is 0.317 e. The van der Waals surface area contributed by atoms with Gasteiger partial charge in [-0.05, 0) is 6.54 Å². The lowest BCUT2D eigenvalue weighted by Gasteiger charge is -2.14. The summed E-state index contributed by atoms with van der Waals surface area (Å²) in [5, 5.41) is 12.4. The molecule has 1 rings (SSSR count). The Morgan fingerprint density at radius 3 is 2.73 bits per heavy atom. The lowest BCUT2D eigenvalue weighted by Crippen LogP contribution is -2.29. The van der Waals surface area contributed by atoms with Gasteiger partial charge in [0, 0.05) is 6.42 Å². The molecule has 0 amide bonds. The number of aromatic nitrogens is 2. The quantitative estimate of drug-likeness (QED) is 0.742. The van der Waals surface area contributed by atoms with Crippen LogP contribution in [-0.2, 0) is 17.8 Å². The van der Waals surface area contributed by atoms with Gasteiger partial charge in [-0.15, -0.1) is 0 Å². The lowest BCUT2D eigenvalue weighted by molar-refractivity contribution is -0.138. The normalized spacial score (nSPS) is 10.9. The van der Waals surface area contributed by atoms with Gasteiger partial charge < -0.3 is 9.63 Å². The van der Waals surface area contributed by atoms with Crippen LogP contribution in [0.2, 0.25) is 0 Å². The van der Waals surface area contributed by atoms with Crippen molar-refractivity contribution in [3.63, 3.8) is 0 Å². The van der Waals surface area contributed by atoms with Crippen LogP contribution in [0.1, 0.15) is 25.6 Å². The second-order valence-electron chi connectivity index (χ2n) is 3.15. The maximum absolute atomic E-state index is 10.5. The molecule has 0 spiro atoms. The Labute approximate surface area is 87.9 Å². The Morgan fingerprint density at radius 1 is 1.53 bits per heavy atom. The lowest BCUT2D eigenvalue weighted by atomic mass is 10.4. The van der Waals surface area contributed by atoms with Crippen molar-refractivity contribution in [1.29, 1.82) is 0 Å². The molecule has 0 aromatic carbocycles. The van der Waals surface area contributed by atoms with Gasteiger partial charge in [-0.2, -0.15) is 4.98 Å². The van der Waals surface area contributed by atoms with Gasteiger partial charge in [0.15, 0.2) is 5.82 Å². The number of nitrogens with zero attached hydrogens (tertiary/aromatic N) is 3. The van der Waals surface area contributed by atoms with Crippen molar-refractivity contribution in [3.8, 4) is 0 Å². The highest BCUT2D eigenvalue weighted by Gasteiger charge is 2.12. The second kappa shape index (κ2) is 5.45. The van der Waals surface area contributed by atoms with Gasteiger partial charge >= 0.3 is 5.97 Å². The maximum atomic E-state index is 10.5. The molecule has 0 saturated carbocycles. The molecule has 1 aromatic heterocycles. The third-order valence-electron chi connectivity index (χ3n) is 1.99. The van der Waals surface area contributed by atoms with E-state index < -0.39 is 5.97 Å². The molecule has 0 aliphatic heterocycles. The Kier molecular flexibility index (Phi) is 4.23. The molecule has 0 radical (unpaired) electrons. The number of carboxylic acid groups (broad SMARTS) is 1. The number of carboxylic acids is 1. The van der Waals surface area contributed by atoms with E-state index in [-0.39, 0.29) is 6.54 Å². The van der Waals surface area contributed by atoms with Crippen molar-refractivity contribution in [1.82, 2.24) is 15.0 Å². The first-order valence-corrected chi connectivity index (χ1v) is 4.91. The number of rotatable bonds is 6. The van der Waals surface area contributed by atoms with Crippen molar-refractivity contribution in [2.24, 2.45) is 0 Å². The van der Waals surface area contributed by atoms with Crippen LogP contribution < -0.4 is 0 Å². The van der Waals surface area contributed by atoms with Crippen molar-refractivity contribution in [2.75, 3.05) is 13.1 Å². The number of aryl methyl sites for hydroxylation is 1. The van der Waals surface area contributed by atoms with Crippen LogP contribution in [-0.4, -0.2) is 39.2 Å². The molecule has 1 heterocycles. The van der Waals surface area contributed by atoms with E-state index in [0.717, 1.165) is 0 Å².